The average molecular weight is 281 g/mol. The largest absolute Gasteiger partial charge is 0.465 e. The zero-order chi connectivity index (χ0) is 13.8. The molecular weight excluding hydrogens is 258 g/mol. The third-order valence-corrected chi connectivity index (χ3v) is 5.17. The monoisotopic (exact) mass is 281 g/mol. The maximum Gasteiger partial charge on any atom is 0.315 e. The molecule has 0 N–H and O–H groups in total. The Labute approximate surface area is 119 Å². The molecule has 1 atom stereocenters. The van der Waals surface area contributed by atoms with Crippen molar-refractivity contribution in [2.75, 3.05) is 6.61 Å². The number of rotatable bonds is 5. The van der Waals surface area contributed by atoms with E-state index < -0.39 is 0 Å². The van der Waals surface area contributed by atoms with Gasteiger partial charge >= 0.3 is 5.97 Å². The van der Waals surface area contributed by atoms with Gasteiger partial charge in [0.1, 0.15) is 5.92 Å². The van der Waals surface area contributed by atoms with Gasteiger partial charge in [0.15, 0.2) is 0 Å². The zero-order valence-corrected chi connectivity index (χ0v) is 12.9. The summed E-state index contributed by atoms with van der Waals surface area (Å²) in [6, 6.07) is 0. The van der Waals surface area contributed by atoms with E-state index in [-0.39, 0.29) is 11.9 Å². The number of esters is 1. The van der Waals surface area contributed by atoms with Crippen LogP contribution in [0.1, 0.15) is 73.9 Å². The summed E-state index contributed by atoms with van der Waals surface area (Å²) in [4.78, 5) is 18.1. The Morgan fingerprint density at radius 1 is 1.42 bits per heavy atom. The third-order valence-electron chi connectivity index (χ3n) is 3.88. The van der Waals surface area contributed by atoms with Crippen molar-refractivity contribution in [2.45, 2.75) is 64.7 Å². The van der Waals surface area contributed by atoms with Crippen molar-refractivity contribution in [3.63, 3.8) is 0 Å². The van der Waals surface area contributed by atoms with Crippen molar-refractivity contribution >= 4 is 17.3 Å². The Morgan fingerprint density at radius 2 is 2.16 bits per heavy atom. The zero-order valence-electron chi connectivity index (χ0n) is 12.1. The minimum absolute atomic E-state index is 0.0927. The second-order valence-electron chi connectivity index (χ2n) is 5.07. The predicted molar refractivity (Wildman–Crippen MR) is 77.7 cm³/mol. The molecule has 1 aliphatic rings. The third kappa shape index (κ3) is 2.99. The first-order chi connectivity index (χ1) is 9.21. The van der Waals surface area contributed by atoms with Crippen LogP contribution in [0.5, 0.6) is 0 Å². The van der Waals surface area contributed by atoms with E-state index in [1.807, 2.05) is 18.3 Å². The number of aromatic nitrogens is 1. The fourth-order valence-corrected chi connectivity index (χ4v) is 4.16. The lowest BCUT2D eigenvalue weighted by Crippen LogP contribution is -2.20. The fourth-order valence-electron chi connectivity index (χ4n) is 2.72. The molecule has 0 spiro atoms. The molecule has 1 heterocycles. The minimum atomic E-state index is -0.122. The number of carbonyl (C=O) groups excluding carboxylic acids is 1. The van der Waals surface area contributed by atoms with Gasteiger partial charge in [-0.25, -0.2) is 4.98 Å². The Kier molecular flexibility index (Phi) is 4.97. The fraction of sp³-hybridized carbons (Fsp3) is 0.733. The summed E-state index contributed by atoms with van der Waals surface area (Å²) in [5.41, 5.74) is 1.01. The first-order valence-corrected chi connectivity index (χ1v) is 8.18. The molecule has 1 aliphatic carbocycles. The van der Waals surface area contributed by atoms with Crippen LogP contribution in [0.15, 0.2) is 0 Å². The predicted octanol–water partition coefficient (Wildman–Crippen LogP) is 4.03. The lowest BCUT2D eigenvalue weighted by molar-refractivity contribution is -0.145. The quantitative estimate of drug-likeness (QED) is 0.765. The molecule has 2 rings (SSSR count). The highest BCUT2D eigenvalue weighted by molar-refractivity contribution is 7.11. The normalized spacial score (nSPS) is 18.4. The lowest BCUT2D eigenvalue weighted by atomic mass is 9.91. The van der Waals surface area contributed by atoms with Crippen LogP contribution in [-0.2, 0) is 16.0 Å². The van der Waals surface area contributed by atoms with Crippen molar-refractivity contribution in [3.05, 3.63) is 15.6 Å². The van der Waals surface area contributed by atoms with Crippen molar-refractivity contribution in [1.29, 1.82) is 0 Å². The highest BCUT2D eigenvalue weighted by atomic mass is 32.1. The molecule has 1 aromatic heterocycles. The molecule has 4 heteroatoms. The molecule has 1 unspecified atom stereocenters. The first-order valence-electron chi connectivity index (χ1n) is 7.37. The molecule has 0 bridgehead atoms. The Morgan fingerprint density at radius 3 is 2.79 bits per heavy atom. The van der Waals surface area contributed by atoms with E-state index in [0.717, 1.165) is 37.8 Å². The minimum Gasteiger partial charge on any atom is -0.465 e. The number of thiazole rings is 1. The molecule has 0 aliphatic heterocycles. The van der Waals surface area contributed by atoms with Crippen molar-refractivity contribution in [2.24, 2.45) is 0 Å². The highest BCUT2D eigenvalue weighted by Crippen LogP contribution is 2.38. The summed E-state index contributed by atoms with van der Waals surface area (Å²) >= 11 is 1.81. The number of hydrogen-bond donors (Lipinski definition) is 0. The van der Waals surface area contributed by atoms with Crippen LogP contribution in [0, 0.1) is 0 Å². The molecule has 0 radical (unpaired) electrons. The van der Waals surface area contributed by atoms with E-state index in [4.69, 9.17) is 9.72 Å². The molecule has 0 saturated heterocycles. The molecule has 3 nitrogen and oxygen atoms in total. The van der Waals surface area contributed by atoms with Crippen molar-refractivity contribution < 1.29 is 9.53 Å². The second kappa shape index (κ2) is 6.51. The van der Waals surface area contributed by atoms with Gasteiger partial charge in [0.25, 0.3) is 0 Å². The van der Waals surface area contributed by atoms with Gasteiger partial charge in [0.05, 0.1) is 17.3 Å². The SMILES string of the molecule is CCOC(=O)C1CCCc2sc(C(CC)CC)nc21. The van der Waals surface area contributed by atoms with E-state index in [1.54, 1.807) is 0 Å². The number of hydrogen-bond acceptors (Lipinski definition) is 4. The Bertz CT molecular complexity index is 437. The van der Waals surface area contributed by atoms with Crippen LogP contribution in [0.25, 0.3) is 0 Å². The van der Waals surface area contributed by atoms with Gasteiger partial charge in [-0.3, -0.25) is 4.79 Å². The molecule has 0 saturated carbocycles. The van der Waals surface area contributed by atoms with Gasteiger partial charge in [-0.15, -0.1) is 11.3 Å². The van der Waals surface area contributed by atoms with Crippen LogP contribution in [0.2, 0.25) is 0 Å². The standard InChI is InChI=1S/C15H23NO2S/c1-4-10(5-2)14-16-13-11(15(17)18-6-3)8-7-9-12(13)19-14/h10-11H,4-9H2,1-3H3. The van der Waals surface area contributed by atoms with E-state index in [2.05, 4.69) is 13.8 Å². The summed E-state index contributed by atoms with van der Waals surface area (Å²) in [5.74, 6) is 0.325. The summed E-state index contributed by atoms with van der Waals surface area (Å²) < 4.78 is 5.19. The van der Waals surface area contributed by atoms with Crippen LogP contribution >= 0.6 is 11.3 Å². The summed E-state index contributed by atoms with van der Waals surface area (Å²) in [6.07, 6.45) is 5.27. The molecule has 0 aromatic carbocycles. The van der Waals surface area contributed by atoms with Gasteiger partial charge in [-0.2, -0.15) is 0 Å². The molecule has 0 amide bonds. The van der Waals surface area contributed by atoms with E-state index >= 15 is 0 Å². The van der Waals surface area contributed by atoms with E-state index in [0.29, 0.717) is 12.5 Å². The molecule has 19 heavy (non-hydrogen) atoms. The van der Waals surface area contributed by atoms with Gasteiger partial charge in [0, 0.05) is 10.8 Å². The summed E-state index contributed by atoms with van der Waals surface area (Å²) in [6.45, 7) is 6.72. The summed E-state index contributed by atoms with van der Waals surface area (Å²) in [5, 5.41) is 1.21. The number of carbonyl (C=O) groups is 1. The van der Waals surface area contributed by atoms with Gasteiger partial charge in [-0.1, -0.05) is 13.8 Å². The molecule has 106 valence electrons. The number of aryl methyl sites for hydroxylation is 1. The molecule has 0 fully saturated rings. The van der Waals surface area contributed by atoms with Gasteiger partial charge in [-0.05, 0) is 39.0 Å². The van der Waals surface area contributed by atoms with Crippen LogP contribution in [0.3, 0.4) is 0 Å². The number of fused-ring (bicyclic) bond motifs is 1. The van der Waals surface area contributed by atoms with Crippen molar-refractivity contribution in [1.82, 2.24) is 4.98 Å². The Balaban J connectivity index is 2.26. The first kappa shape index (κ1) is 14.5. The highest BCUT2D eigenvalue weighted by Gasteiger charge is 2.31. The van der Waals surface area contributed by atoms with Crippen LogP contribution < -0.4 is 0 Å². The van der Waals surface area contributed by atoms with Crippen LogP contribution in [-0.4, -0.2) is 17.6 Å². The topological polar surface area (TPSA) is 39.2 Å². The maximum absolute atomic E-state index is 12.0. The van der Waals surface area contributed by atoms with E-state index in [1.165, 1.54) is 9.88 Å². The van der Waals surface area contributed by atoms with Crippen molar-refractivity contribution in [3.8, 4) is 0 Å². The van der Waals surface area contributed by atoms with Crippen LogP contribution in [0.4, 0.5) is 0 Å². The average Bonchev–Trinajstić information content (AvgIpc) is 2.83. The molecule has 1 aromatic rings. The summed E-state index contributed by atoms with van der Waals surface area (Å²) in [7, 11) is 0. The van der Waals surface area contributed by atoms with E-state index in [9.17, 15) is 4.79 Å². The Hall–Kier alpha value is -0.900. The number of ether oxygens (including phenoxy) is 1. The second-order valence-corrected chi connectivity index (χ2v) is 6.19. The van der Waals surface area contributed by atoms with Gasteiger partial charge in [0.2, 0.25) is 0 Å². The smallest absolute Gasteiger partial charge is 0.315 e. The maximum atomic E-state index is 12.0. The molecular formula is C15H23NO2S. The number of nitrogens with zero attached hydrogens (tertiary/aromatic N) is 1. The van der Waals surface area contributed by atoms with Gasteiger partial charge < -0.3 is 4.74 Å². The lowest BCUT2D eigenvalue weighted by Gasteiger charge is -2.19.